The zero-order valence-corrected chi connectivity index (χ0v) is 9.22. The number of aliphatic hydroxyl groups excluding tert-OH is 1. The minimum absolute atomic E-state index is 0.0788. The van der Waals surface area contributed by atoms with Crippen LogP contribution in [0, 0.1) is 10.1 Å². The lowest BCUT2D eigenvalue weighted by atomic mass is 10.0. The lowest BCUT2D eigenvalue weighted by molar-refractivity contribution is -0.384. The van der Waals surface area contributed by atoms with Gasteiger partial charge in [-0.25, -0.2) is 0 Å². The number of ketones is 1. The third-order valence-corrected chi connectivity index (χ3v) is 2.66. The van der Waals surface area contributed by atoms with Gasteiger partial charge in [-0.2, -0.15) is 0 Å². The summed E-state index contributed by atoms with van der Waals surface area (Å²) in [6, 6.07) is 5.26. The molecule has 2 atom stereocenters. The van der Waals surface area contributed by atoms with Crippen molar-refractivity contribution >= 4 is 23.1 Å². The van der Waals surface area contributed by atoms with E-state index in [-0.39, 0.29) is 11.5 Å². The Hall–Kier alpha value is -1.46. The molecule has 0 saturated carbocycles. The van der Waals surface area contributed by atoms with Gasteiger partial charge in [-0.15, -0.1) is 11.6 Å². The van der Waals surface area contributed by atoms with Crippen molar-refractivity contribution in [1.29, 1.82) is 0 Å². The summed E-state index contributed by atoms with van der Waals surface area (Å²) in [7, 11) is 0. The van der Waals surface area contributed by atoms with Gasteiger partial charge < -0.3 is 5.11 Å². The van der Waals surface area contributed by atoms with E-state index in [2.05, 4.69) is 0 Å². The number of benzene rings is 1. The Labute approximate surface area is 96.8 Å². The Morgan fingerprint density at radius 2 is 1.94 bits per heavy atom. The first-order valence-electron chi connectivity index (χ1n) is 4.50. The number of hydrogen-bond acceptors (Lipinski definition) is 4. The van der Waals surface area contributed by atoms with Crippen LogP contribution in [-0.4, -0.2) is 21.2 Å². The van der Waals surface area contributed by atoms with Crippen LogP contribution in [0.15, 0.2) is 24.3 Å². The highest BCUT2D eigenvalue weighted by Gasteiger charge is 2.22. The second-order valence-electron chi connectivity index (χ2n) is 3.31. The van der Waals surface area contributed by atoms with Gasteiger partial charge in [0, 0.05) is 12.1 Å². The molecule has 0 radical (unpaired) electrons. The molecule has 0 saturated heterocycles. The van der Waals surface area contributed by atoms with Gasteiger partial charge in [-0.05, 0) is 24.6 Å². The van der Waals surface area contributed by atoms with Crippen molar-refractivity contribution in [3.63, 3.8) is 0 Å². The molecule has 0 aliphatic heterocycles. The monoisotopic (exact) mass is 243 g/mol. The van der Waals surface area contributed by atoms with E-state index in [1.54, 1.807) is 0 Å². The maximum absolute atomic E-state index is 10.9. The summed E-state index contributed by atoms with van der Waals surface area (Å²) < 4.78 is 0. The Morgan fingerprint density at radius 1 is 1.44 bits per heavy atom. The molecule has 0 aliphatic rings. The number of Topliss-reactive ketones (excluding diaryl/α,β-unsaturated/α-hetero) is 1. The normalized spacial score (nSPS) is 14.2. The fourth-order valence-corrected chi connectivity index (χ4v) is 1.33. The molecule has 1 aromatic rings. The molecule has 1 rings (SSSR count). The minimum atomic E-state index is -1.15. The second kappa shape index (κ2) is 5.05. The Bertz CT molecular complexity index is 404. The molecule has 1 aromatic carbocycles. The topological polar surface area (TPSA) is 80.4 Å². The molecule has 5 nitrogen and oxygen atoms in total. The summed E-state index contributed by atoms with van der Waals surface area (Å²) >= 11 is 5.67. The van der Waals surface area contributed by atoms with Gasteiger partial charge in [0.1, 0.15) is 11.5 Å². The van der Waals surface area contributed by atoms with Gasteiger partial charge in [0.05, 0.1) is 4.92 Å². The molecule has 0 heterocycles. The van der Waals surface area contributed by atoms with Crippen LogP contribution in [0.4, 0.5) is 5.69 Å². The second-order valence-corrected chi connectivity index (χ2v) is 3.78. The summed E-state index contributed by atoms with van der Waals surface area (Å²) in [5, 5.41) is 19.0. The van der Waals surface area contributed by atoms with Crippen molar-refractivity contribution in [2.45, 2.75) is 18.4 Å². The smallest absolute Gasteiger partial charge is 0.269 e. The summed E-state index contributed by atoms with van der Waals surface area (Å²) in [5.41, 5.74) is 0.297. The van der Waals surface area contributed by atoms with Crippen molar-refractivity contribution in [3.8, 4) is 0 Å². The van der Waals surface area contributed by atoms with Crippen LogP contribution < -0.4 is 0 Å². The molecule has 1 N–H and O–H groups in total. The summed E-state index contributed by atoms with van der Waals surface area (Å²) in [6.07, 6.45) is -1.15. The standard InChI is InChI=1S/C10H10ClNO4/c1-6(13)9(11)10(14)7-2-4-8(5-3-7)12(15)16/h2-5,9-10,14H,1H3. The highest BCUT2D eigenvalue weighted by Crippen LogP contribution is 2.23. The maximum atomic E-state index is 10.9. The number of nitro groups is 1. The molecular weight excluding hydrogens is 234 g/mol. The lowest BCUT2D eigenvalue weighted by Gasteiger charge is -2.14. The number of non-ortho nitro benzene ring substituents is 1. The Balaban J connectivity index is 2.89. The Kier molecular flexibility index (Phi) is 3.98. The zero-order valence-electron chi connectivity index (χ0n) is 8.46. The first-order valence-corrected chi connectivity index (χ1v) is 4.94. The molecule has 6 heteroatoms. The summed E-state index contributed by atoms with van der Waals surface area (Å²) in [5.74, 6) is -0.354. The van der Waals surface area contributed by atoms with Crippen molar-refractivity contribution in [1.82, 2.24) is 0 Å². The number of aliphatic hydroxyl groups is 1. The number of carbonyl (C=O) groups excluding carboxylic acids is 1. The van der Waals surface area contributed by atoms with Crippen molar-refractivity contribution in [2.24, 2.45) is 0 Å². The lowest BCUT2D eigenvalue weighted by Crippen LogP contribution is -2.20. The molecule has 86 valence electrons. The van der Waals surface area contributed by atoms with Gasteiger partial charge >= 0.3 is 0 Å². The highest BCUT2D eigenvalue weighted by atomic mass is 35.5. The molecule has 0 aliphatic carbocycles. The summed E-state index contributed by atoms with van der Waals surface area (Å²) in [6.45, 7) is 1.27. The number of alkyl halides is 1. The van der Waals surface area contributed by atoms with E-state index in [1.807, 2.05) is 0 Å². The fraction of sp³-hybridized carbons (Fsp3) is 0.300. The van der Waals surface area contributed by atoms with Gasteiger partial charge in [-0.3, -0.25) is 14.9 Å². The van der Waals surface area contributed by atoms with E-state index in [0.29, 0.717) is 5.56 Å². The van der Waals surface area contributed by atoms with E-state index in [4.69, 9.17) is 11.6 Å². The third-order valence-electron chi connectivity index (χ3n) is 2.11. The van der Waals surface area contributed by atoms with Gasteiger partial charge in [0.15, 0.2) is 5.78 Å². The number of hydrogen-bond donors (Lipinski definition) is 1. The molecule has 0 amide bonds. The van der Waals surface area contributed by atoms with Crippen molar-refractivity contribution < 1.29 is 14.8 Å². The number of rotatable bonds is 4. The molecule has 2 unspecified atom stereocenters. The molecule has 0 bridgehead atoms. The first-order chi connectivity index (χ1) is 7.43. The van der Waals surface area contributed by atoms with Crippen LogP contribution >= 0.6 is 11.6 Å². The predicted molar refractivity (Wildman–Crippen MR) is 58.4 cm³/mol. The number of carbonyl (C=O) groups is 1. The minimum Gasteiger partial charge on any atom is -0.386 e. The molecular formula is C10H10ClNO4. The largest absolute Gasteiger partial charge is 0.386 e. The quantitative estimate of drug-likeness (QED) is 0.497. The maximum Gasteiger partial charge on any atom is 0.269 e. The van der Waals surface area contributed by atoms with E-state index in [0.717, 1.165) is 0 Å². The SMILES string of the molecule is CC(=O)C(Cl)C(O)c1ccc([N+](=O)[O-])cc1. The van der Waals surface area contributed by atoms with Gasteiger partial charge in [-0.1, -0.05) is 0 Å². The van der Waals surface area contributed by atoms with Crippen LogP contribution in [0.5, 0.6) is 0 Å². The third kappa shape index (κ3) is 2.77. The van der Waals surface area contributed by atoms with E-state index >= 15 is 0 Å². The van der Waals surface area contributed by atoms with Crippen LogP contribution in [0.1, 0.15) is 18.6 Å². The van der Waals surface area contributed by atoms with E-state index in [1.165, 1.54) is 31.2 Å². The fourth-order valence-electron chi connectivity index (χ4n) is 1.18. The zero-order chi connectivity index (χ0) is 12.3. The predicted octanol–water partition coefficient (Wildman–Crippen LogP) is 1.82. The average Bonchev–Trinajstić information content (AvgIpc) is 2.27. The molecule has 0 aromatic heterocycles. The van der Waals surface area contributed by atoms with E-state index < -0.39 is 16.4 Å². The molecule has 16 heavy (non-hydrogen) atoms. The van der Waals surface area contributed by atoms with Crippen LogP contribution in [0.2, 0.25) is 0 Å². The molecule has 0 spiro atoms. The van der Waals surface area contributed by atoms with Crippen molar-refractivity contribution in [2.75, 3.05) is 0 Å². The van der Waals surface area contributed by atoms with Gasteiger partial charge in [0.2, 0.25) is 0 Å². The number of halogens is 1. The number of nitro benzene ring substituents is 1. The molecule has 0 fully saturated rings. The van der Waals surface area contributed by atoms with E-state index in [9.17, 15) is 20.0 Å². The average molecular weight is 244 g/mol. The summed E-state index contributed by atoms with van der Waals surface area (Å²) in [4.78, 5) is 20.8. The number of nitrogens with zero attached hydrogens (tertiary/aromatic N) is 1. The van der Waals surface area contributed by atoms with Gasteiger partial charge in [0.25, 0.3) is 5.69 Å². The van der Waals surface area contributed by atoms with Crippen molar-refractivity contribution in [3.05, 3.63) is 39.9 Å². The van der Waals surface area contributed by atoms with Crippen LogP contribution in [0.25, 0.3) is 0 Å². The Morgan fingerprint density at radius 3 is 2.31 bits per heavy atom. The first kappa shape index (κ1) is 12.6. The highest BCUT2D eigenvalue weighted by molar-refractivity contribution is 6.31. The van der Waals surface area contributed by atoms with Crippen LogP contribution in [0.3, 0.4) is 0 Å². The van der Waals surface area contributed by atoms with Crippen LogP contribution in [-0.2, 0) is 4.79 Å².